The van der Waals surface area contributed by atoms with Gasteiger partial charge in [0.05, 0.1) is 13.0 Å². The Bertz CT molecular complexity index is 625. The first-order valence-corrected chi connectivity index (χ1v) is 11.5. The molecule has 28 heavy (non-hydrogen) atoms. The summed E-state index contributed by atoms with van der Waals surface area (Å²) in [5, 5.41) is 0. The summed E-state index contributed by atoms with van der Waals surface area (Å²) >= 11 is 0. The Kier molecular flexibility index (Phi) is 5.56. The highest BCUT2D eigenvalue weighted by Crippen LogP contribution is 2.71. The highest BCUT2D eigenvalue weighted by atomic mass is 16.5. The van der Waals surface area contributed by atoms with Crippen molar-refractivity contribution in [2.45, 2.75) is 92.9 Å². The van der Waals surface area contributed by atoms with Gasteiger partial charge in [0.15, 0.2) is 0 Å². The van der Waals surface area contributed by atoms with Gasteiger partial charge in [0, 0.05) is 5.41 Å². The van der Waals surface area contributed by atoms with Gasteiger partial charge in [-0.1, -0.05) is 48.0 Å². The van der Waals surface area contributed by atoms with E-state index in [0.29, 0.717) is 16.7 Å². The third kappa shape index (κ3) is 3.16. The topological polar surface area (TPSA) is 43.4 Å². The average molecular weight is 391 g/mol. The van der Waals surface area contributed by atoms with Crippen molar-refractivity contribution >= 4 is 12.3 Å². The number of aldehydes is 1. The summed E-state index contributed by atoms with van der Waals surface area (Å²) in [4.78, 5) is 24.5. The number of hydrogen-bond donors (Lipinski definition) is 0. The van der Waals surface area contributed by atoms with E-state index in [9.17, 15) is 9.59 Å². The van der Waals surface area contributed by atoms with Crippen molar-refractivity contribution in [3.8, 4) is 0 Å². The molecule has 3 saturated carbocycles. The summed E-state index contributed by atoms with van der Waals surface area (Å²) in [6, 6.07) is 0. The Balaban J connectivity index is 2.00. The molecule has 0 aliphatic heterocycles. The second-order valence-electron chi connectivity index (χ2n) is 11.9. The molecule has 0 aromatic heterocycles. The molecule has 0 N–H and O–H groups in total. The van der Waals surface area contributed by atoms with E-state index in [1.165, 1.54) is 45.5 Å². The number of esters is 1. The van der Waals surface area contributed by atoms with E-state index in [1.807, 2.05) is 6.92 Å². The van der Waals surface area contributed by atoms with Crippen molar-refractivity contribution in [3.05, 3.63) is 0 Å². The van der Waals surface area contributed by atoms with Crippen LogP contribution in [-0.4, -0.2) is 19.4 Å². The van der Waals surface area contributed by atoms with Crippen LogP contribution in [0.1, 0.15) is 92.9 Å². The Morgan fingerprint density at radius 1 is 1.00 bits per heavy atom. The molecule has 0 saturated heterocycles. The van der Waals surface area contributed by atoms with Crippen molar-refractivity contribution in [1.29, 1.82) is 0 Å². The zero-order chi connectivity index (χ0) is 21.0. The summed E-state index contributed by atoms with van der Waals surface area (Å²) in [5.74, 6) is 1.36. The lowest BCUT2D eigenvalue weighted by Gasteiger charge is -2.68. The van der Waals surface area contributed by atoms with Gasteiger partial charge < -0.3 is 9.53 Å². The van der Waals surface area contributed by atoms with Gasteiger partial charge in [0.25, 0.3) is 0 Å². The van der Waals surface area contributed by atoms with Gasteiger partial charge in [-0.05, 0) is 78.9 Å². The predicted molar refractivity (Wildman–Crippen MR) is 113 cm³/mol. The van der Waals surface area contributed by atoms with Crippen LogP contribution in [0.25, 0.3) is 0 Å². The van der Waals surface area contributed by atoms with Crippen molar-refractivity contribution in [3.63, 3.8) is 0 Å². The van der Waals surface area contributed by atoms with Gasteiger partial charge in [-0.15, -0.1) is 0 Å². The van der Waals surface area contributed by atoms with Crippen LogP contribution in [0.3, 0.4) is 0 Å². The van der Waals surface area contributed by atoms with Crippen molar-refractivity contribution in [2.75, 3.05) is 7.11 Å². The third-order valence-electron chi connectivity index (χ3n) is 9.87. The van der Waals surface area contributed by atoms with Crippen LogP contribution in [0.5, 0.6) is 0 Å². The molecule has 0 aromatic carbocycles. The minimum Gasteiger partial charge on any atom is -0.469 e. The van der Waals surface area contributed by atoms with Crippen molar-refractivity contribution < 1.29 is 14.3 Å². The zero-order valence-electron chi connectivity index (χ0n) is 19.3. The molecule has 0 unspecified atom stereocenters. The molecule has 3 aliphatic rings. The fraction of sp³-hybridized carbons (Fsp3) is 0.920. The molecule has 0 amide bonds. The number of hydrogen-bond acceptors (Lipinski definition) is 3. The Hall–Kier alpha value is -0.860. The molecule has 3 nitrogen and oxygen atoms in total. The normalized spacial score (nSPS) is 46.0. The molecule has 3 rings (SSSR count). The molecule has 0 aromatic rings. The van der Waals surface area contributed by atoms with Gasteiger partial charge in [-0.25, -0.2) is 0 Å². The van der Waals surface area contributed by atoms with Crippen molar-refractivity contribution in [2.24, 2.45) is 45.3 Å². The molecule has 160 valence electrons. The molecule has 0 spiro atoms. The highest BCUT2D eigenvalue weighted by molar-refractivity contribution is 5.72. The van der Waals surface area contributed by atoms with Crippen LogP contribution >= 0.6 is 0 Å². The first-order chi connectivity index (χ1) is 12.9. The smallest absolute Gasteiger partial charge is 0.308 e. The number of ether oxygens (including phenoxy) is 1. The minimum atomic E-state index is -0.332. The molecule has 0 heterocycles. The van der Waals surface area contributed by atoms with Crippen LogP contribution in [0.4, 0.5) is 0 Å². The maximum absolute atomic E-state index is 12.3. The number of carbonyl (C=O) groups excluding carboxylic acids is 2. The zero-order valence-corrected chi connectivity index (χ0v) is 19.3. The molecule has 3 fully saturated rings. The summed E-state index contributed by atoms with van der Waals surface area (Å²) < 4.78 is 5.03. The number of carbonyl (C=O) groups is 2. The van der Waals surface area contributed by atoms with E-state index in [-0.39, 0.29) is 28.6 Å². The lowest BCUT2D eigenvalue weighted by Crippen LogP contribution is -2.61. The van der Waals surface area contributed by atoms with E-state index in [2.05, 4.69) is 34.6 Å². The highest BCUT2D eigenvalue weighted by Gasteiger charge is 2.64. The second-order valence-corrected chi connectivity index (χ2v) is 11.9. The minimum absolute atomic E-state index is 0.120. The van der Waals surface area contributed by atoms with E-state index in [1.54, 1.807) is 0 Å². The third-order valence-corrected chi connectivity index (χ3v) is 9.87. The van der Waals surface area contributed by atoms with E-state index in [0.717, 1.165) is 25.2 Å². The first kappa shape index (κ1) is 21.8. The van der Waals surface area contributed by atoms with Crippen LogP contribution in [-0.2, 0) is 14.3 Å². The first-order valence-electron chi connectivity index (χ1n) is 11.5. The predicted octanol–water partition coefficient (Wildman–Crippen LogP) is 6.05. The maximum atomic E-state index is 12.3. The molecule has 3 aliphatic carbocycles. The van der Waals surface area contributed by atoms with Gasteiger partial charge in [0.1, 0.15) is 6.29 Å². The van der Waals surface area contributed by atoms with Gasteiger partial charge in [-0.2, -0.15) is 0 Å². The Morgan fingerprint density at radius 3 is 2.25 bits per heavy atom. The van der Waals surface area contributed by atoms with Crippen LogP contribution in [0.15, 0.2) is 0 Å². The van der Waals surface area contributed by atoms with E-state index < -0.39 is 0 Å². The fourth-order valence-electron chi connectivity index (χ4n) is 8.48. The van der Waals surface area contributed by atoms with Gasteiger partial charge in [0.2, 0.25) is 0 Å². The Labute approximate surface area is 172 Å². The summed E-state index contributed by atoms with van der Waals surface area (Å²) in [7, 11) is 1.47. The number of fused-ring (bicyclic) bond motifs is 3. The van der Waals surface area contributed by atoms with Crippen LogP contribution in [0, 0.1) is 45.3 Å². The molecule has 7 atom stereocenters. The molecule has 0 radical (unpaired) electrons. The SMILES string of the molecule is COC(=O)[C@H](C)C[C@@H]1[C@@]2(C)CC[C@@H]3C(C)(C)CCC[C@@]3(C)[C@@H]2CC[C@@]1(C)C=O. The maximum Gasteiger partial charge on any atom is 0.308 e. The fourth-order valence-corrected chi connectivity index (χ4v) is 8.48. The molecule has 3 heteroatoms. The van der Waals surface area contributed by atoms with Gasteiger partial charge in [-0.3, -0.25) is 4.79 Å². The summed E-state index contributed by atoms with van der Waals surface area (Å²) in [6.45, 7) is 14.1. The van der Waals surface area contributed by atoms with Crippen molar-refractivity contribution in [1.82, 2.24) is 0 Å². The quantitative estimate of drug-likeness (QED) is 0.433. The lowest BCUT2D eigenvalue weighted by atomic mass is 9.37. The molecular formula is C25H42O3. The second kappa shape index (κ2) is 7.13. The summed E-state index contributed by atoms with van der Waals surface area (Å²) in [6.07, 6.45) is 10.5. The van der Waals surface area contributed by atoms with Gasteiger partial charge >= 0.3 is 5.97 Å². The van der Waals surface area contributed by atoms with E-state index >= 15 is 0 Å². The standard InChI is InChI=1S/C25H42O3/c1-17(21(27)28-7)15-20-23(4,16-26)13-9-19-24(5)12-8-11-22(2,3)18(24)10-14-25(19,20)6/h16-20H,8-15H2,1-7H3/t17-,18-,19+,20+,23+,24-,25+/m1/s1. The Morgan fingerprint density at radius 2 is 1.64 bits per heavy atom. The largest absolute Gasteiger partial charge is 0.469 e. The van der Waals surface area contributed by atoms with Crippen LogP contribution in [0.2, 0.25) is 0 Å². The number of rotatable bonds is 4. The number of methoxy groups -OCH3 is 1. The monoisotopic (exact) mass is 390 g/mol. The average Bonchev–Trinajstić information content (AvgIpc) is 2.62. The van der Waals surface area contributed by atoms with Crippen LogP contribution < -0.4 is 0 Å². The van der Waals surface area contributed by atoms with E-state index in [4.69, 9.17) is 4.74 Å². The summed E-state index contributed by atoms with van der Waals surface area (Å²) in [5.41, 5.74) is 0.552. The lowest BCUT2D eigenvalue weighted by molar-refractivity contribution is -0.193. The molecule has 0 bridgehead atoms. The molecular weight excluding hydrogens is 348 g/mol.